The Morgan fingerprint density at radius 3 is 2.04 bits per heavy atom. The van der Waals surface area contributed by atoms with Gasteiger partial charge in [-0.25, -0.2) is 0 Å². The summed E-state index contributed by atoms with van der Waals surface area (Å²) in [5.41, 5.74) is 2.02. The minimum atomic E-state index is -0.945. The van der Waals surface area contributed by atoms with Crippen molar-refractivity contribution in [2.24, 2.45) is 0 Å². The Bertz CT molecular complexity index is 744. The number of hydrogen-bond donors (Lipinski definition) is 1. The number of nitrogens with zero attached hydrogens (tertiary/aromatic N) is 3. The zero-order chi connectivity index (χ0) is 19.1. The monoisotopic (exact) mass is 367 g/mol. The zero-order valence-electron chi connectivity index (χ0n) is 15.3. The molecule has 1 N–H and O–H groups in total. The number of carbonyl (C=O) groups excluding carboxylic acids is 1. The van der Waals surface area contributed by atoms with Crippen molar-refractivity contribution < 1.29 is 14.7 Å². The lowest BCUT2D eigenvalue weighted by Gasteiger charge is -2.36. The van der Waals surface area contributed by atoms with Gasteiger partial charge in [-0.1, -0.05) is 48.5 Å². The van der Waals surface area contributed by atoms with E-state index in [0.29, 0.717) is 13.1 Å². The second-order valence-corrected chi connectivity index (χ2v) is 6.73. The minimum Gasteiger partial charge on any atom is -0.480 e. The van der Waals surface area contributed by atoms with Crippen LogP contribution >= 0.6 is 0 Å². The van der Waals surface area contributed by atoms with Crippen molar-refractivity contribution in [2.75, 3.05) is 44.2 Å². The number of hydrogen-bond acceptors (Lipinski definition) is 4. The predicted molar refractivity (Wildman–Crippen MR) is 105 cm³/mol. The Kier molecular flexibility index (Phi) is 6.44. The first kappa shape index (κ1) is 18.9. The van der Waals surface area contributed by atoms with Crippen molar-refractivity contribution in [1.29, 1.82) is 0 Å². The van der Waals surface area contributed by atoms with E-state index in [2.05, 4.69) is 17.0 Å². The van der Waals surface area contributed by atoms with E-state index >= 15 is 0 Å². The third kappa shape index (κ3) is 5.56. The Morgan fingerprint density at radius 2 is 1.44 bits per heavy atom. The van der Waals surface area contributed by atoms with E-state index in [1.54, 1.807) is 4.90 Å². The van der Waals surface area contributed by atoms with E-state index in [4.69, 9.17) is 0 Å². The number of anilines is 1. The molecule has 0 radical (unpaired) electrons. The first-order valence-corrected chi connectivity index (χ1v) is 9.17. The third-order valence-electron chi connectivity index (χ3n) is 4.75. The van der Waals surface area contributed by atoms with Crippen LogP contribution < -0.4 is 4.90 Å². The second-order valence-electron chi connectivity index (χ2n) is 6.73. The highest BCUT2D eigenvalue weighted by Gasteiger charge is 2.23. The summed E-state index contributed by atoms with van der Waals surface area (Å²) in [7, 11) is 0. The highest BCUT2D eigenvalue weighted by atomic mass is 16.4. The molecule has 0 aliphatic carbocycles. The third-order valence-corrected chi connectivity index (χ3v) is 4.75. The largest absolute Gasteiger partial charge is 0.480 e. The number of amides is 1. The summed E-state index contributed by atoms with van der Waals surface area (Å²) >= 11 is 0. The lowest BCUT2D eigenvalue weighted by Crippen LogP contribution is -2.51. The van der Waals surface area contributed by atoms with Crippen molar-refractivity contribution in [3.63, 3.8) is 0 Å². The van der Waals surface area contributed by atoms with Crippen LogP contribution in [0.15, 0.2) is 60.7 Å². The molecule has 0 unspecified atom stereocenters. The maximum absolute atomic E-state index is 12.7. The van der Waals surface area contributed by atoms with Crippen LogP contribution in [0.25, 0.3) is 0 Å². The van der Waals surface area contributed by atoms with Gasteiger partial charge in [0.05, 0.1) is 6.54 Å². The summed E-state index contributed by atoms with van der Waals surface area (Å²) in [6.07, 6.45) is 0. The van der Waals surface area contributed by atoms with Gasteiger partial charge in [-0.3, -0.25) is 14.5 Å². The lowest BCUT2D eigenvalue weighted by atomic mass is 10.2. The van der Waals surface area contributed by atoms with Crippen LogP contribution in [0.2, 0.25) is 0 Å². The highest BCUT2D eigenvalue weighted by molar-refractivity contribution is 5.84. The SMILES string of the molecule is O=C(O)CN(CC(=O)N1CCN(Cc2ccccc2)CC1)c1ccccc1. The first-order valence-electron chi connectivity index (χ1n) is 9.17. The molecule has 0 bridgehead atoms. The number of rotatable bonds is 7. The van der Waals surface area contributed by atoms with Gasteiger partial charge < -0.3 is 14.9 Å². The van der Waals surface area contributed by atoms with Gasteiger partial charge >= 0.3 is 5.97 Å². The molecule has 1 aliphatic rings. The smallest absolute Gasteiger partial charge is 0.323 e. The number of carbonyl (C=O) groups is 2. The molecule has 0 spiro atoms. The Balaban J connectivity index is 1.54. The number of aliphatic carboxylic acids is 1. The standard InChI is InChI=1S/C21H25N3O3/c25-20(16-24(17-21(26)27)19-9-5-2-6-10-19)23-13-11-22(12-14-23)15-18-7-3-1-4-8-18/h1-10H,11-17H2,(H,26,27). The lowest BCUT2D eigenvalue weighted by molar-refractivity contribution is -0.135. The molecule has 0 saturated carbocycles. The molecule has 142 valence electrons. The van der Waals surface area contributed by atoms with Gasteiger partial charge in [0.2, 0.25) is 5.91 Å². The quantitative estimate of drug-likeness (QED) is 0.810. The molecule has 1 amide bonds. The molecule has 6 heteroatoms. The fourth-order valence-corrected chi connectivity index (χ4v) is 3.30. The molecular weight excluding hydrogens is 342 g/mol. The molecule has 0 aromatic heterocycles. The topological polar surface area (TPSA) is 64.1 Å². The summed E-state index contributed by atoms with van der Waals surface area (Å²) < 4.78 is 0. The van der Waals surface area contributed by atoms with Crippen LogP contribution in [0.4, 0.5) is 5.69 Å². The average molecular weight is 367 g/mol. The normalized spacial score (nSPS) is 14.7. The Hall–Kier alpha value is -2.86. The molecule has 0 atom stereocenters. The van der Waals surface area contributed by atoms with E-state index in [1.165, 1.54) is 5.56 Å². The van der Waals surface area contributed by atoms with E-state index in [9.17, 15) is 14.7 Å². The second kappa shape index (κ2) is 9.19. The summed E-state index contributed by atoms with van der Waals surface area (Å²) in [4.78, 5) is 29.7. The van der Waals surface area contributed by atoms with Gasteiger partial charge in [0.1, 0.15) is 6.54 Å². The van der Waals surface area contributed by atoms with Crippen molar-refractivity contribution in [3.8, 4) is 0 Å². The molecule has 1 saturated heterocycles. The molecule has 27 heavy (non-hydrogen) atoms. The molecule has 1 aliphatic heterocycles. The van der Waals surface area contributed by atoms with Gasteiger partial charge in [0.15, 0.2) is 0 Å². The van der Waals surface area contributed by atoms with Gasteiger partial charge in [-0.2, -0.15) is 0 Å². The molecule has 2 aromatic rings. The molecular formula is C21H25N3O3. The van der Waals surface area contributed by atoms with E-state index < -0.39 is 5.97 Å². The molecule has 1 fully saturated rings. The number of piperazine rings is 1. The van der Waals surface area contributed by atoms with Gasteiger partial charge in [-0.15, -0.1) is 0 Å². The molecule has 1 heterocycles. The van der Waals surface area contributed by atoms with Crippen LogP contribution in [0.1, 0.15) is 5.56 Å². The Labute approximate surface area is 159 Å². The van der Waals surface area contributed by atoms with Gasteiger partial charge in [0, 0.05) is 38.4 Å². The number of benzene rings is 2. The number of carboxylic acid groups (broad SMARTS) is 1. The predicted octanol–water partition coefficient (Wildman–Crippen LogP) is 1.92. The fourth-order valence-electron chi connectivity index (χ4n) is 3.30. The zero-order valence-corrected chi connectivity index (χ0v) is 15.3. The maximum atomic E-state index is 12.7. The number of para-hydroxylation sites is 1. The molecule has 6 nitrogen and oxygen atoms in total. The van der Waals surface area contributed by atoms with Gasteiger partial charge in [0.25, 0.3) is 0 Å². The summed E-state index contributed by atoms with van der Waals surface area (Å²) in [6, 6.07) is 19.5. The minimum absolute atomic E-state index is 0.0283. The average Bonchev–Trinajstić information content (AvgIpc) is 2.69. The van der Waals surface area contributed by atoms with E-state index in [0.717, 1.165) is 25.3 Å². The number of carboxylic acids is 1. The molecule has 2 aromatic carbocycles. The van der Waals surface area contributed by atoms with Crippen molar-refractivity contribution in [2.45, 2.75) is 6.54 Å². The summed E-state index contributed by atoms with van der Waals surface area (Å²) in [5.74, 6) is -0.973. The van der Waals surface area contributed by atoms with Crippen molar-refractivity contribution in [3.05, 3.63) is 66.2 Å². The van der Waals surface area contributed by atoms with Crippen LogP contribution in [0.3, 0.4) is 0 Å². The van der Waals surface area contributed by atoms with E-state index in [1.807, 2.05) is 53.4 Å². The first-order chi connectivity index (χ1) is 13.1. The maximum Gasteiger partial charge on any atom is 0.323 e. The Morgan fingerprint density at radius 1 is 0.852 bits per heavy atom. The summed E-state index contributed by atoms with van der Waals surface area (Å²) in [5, 5.41) is 9.17. The van der Waals surface area contributed by atoms with Crippen LogP contribution in [0.5, 0.6) is 0 Å². The van der Waals surface area contributed by atoms with E-state index in [-0.39, 0.29) is 19.0 Å². The van der Waals surface area contributed by atoms with Crippen LogP contribution in [-0.2, 0) is 16.1 Å². The van der Waals surface area contributed by atoms with Gasteiger partial charge in [-0.05, 0) is 17.7 Å². The van der Waals surface area contributed by atoms with Crippen LogP contribution in [-0.4, -0.2) is 66.1 Å². The van der Waals surface area contributed by atoms with Crippen molar-refractivity contribution in [1.82, 2.24) is 9.80 Å². The molecule has 3 rings (SSSR count). The van der Waals surface area contributed by atoms with Crippen LogP contribution in [0, 0.1) is 0 Å². The highest BCUT2D eigenvalue weighted by Crippen LogP contribution is 2.14. The van der Waals surface area contributed by atoms with Crippen molar-refractivity contribution >= 4 is 17.6 Å². The fraction of sp³-hybridized carbons (Fsp3) is 0.333. The summed E-state index contributed by atoms with van der Waals surface area (Å²) in [6.45, 7) is 3.76.